The number of hydrogen-bond donors (Lipinski definition) is 1. The summed E-state index contributed by atoms with van der Waals surface area (Å²) in [6.07, 6.45) is 2.32. The first-order chi connectivity index (χ1) is 13.2. The van der Waals surface area contributed by atoms with Gasteiger partial charge in [-0.3, -0.25) is 9.59 Å². The number of amides is 1. The van der Waals surface area contributed by atoms with Gasteiger partial charge in [-0.2, -0.15) is 9.78 Å². The molecule has 136 valence electrons. The Balaban J connectivity index is 1.62. The fourth-order valence-electron chi connectivity index (χ4n) is 3.29. The molecule has 1 aromatic heterocycles. The summed E-state index contributed by atoms with van der Waals surface area (Å²) in [5, 5.41) is 7.19. The third-order valence-electron chi connectivity index (χ3n) is 4.63. The molecule has 27 heavy (non-hydrogen) atoms. The lowest BCUT2D eigenvalue weighted by atomic mass is 10.2. The van der Waals surface area contributed by atoms with Crippen molar-refractivity contribution in [1.29, 1.82) is 0 Å². The van der Waals surface area contributed by atoms with Gasteiger partial charge in [0.05, 0.1) is 17.1 Å². The summed E-state index contributed by atoms with van der Waals surface area (Å²) >= 11 is 0. The van der Waals surface area contributed by atoms with Crippen LogP contribution in [0.1, 0.15) is 23.3 Å². The van der Waals surface area contributed by atoms with Gasteiger partial charge in [0.2, 0.25) is 0 Å². The van der Waals surface area contributed by atoms with Crippen LogP contribution in [-0.2, 0) is 0 Å². The molecular formula is C21H20N4O2. The number of para-hydroxylation sites is 3. The summed E-state index contributed by atoms with van der Waals surface area (Å²) < 4.78 is 1.24. The normalized spacial score (nSPS) is 13.6. The fourth-order valence-corrected chi connectivity index (χ4v) is 3.29. The predicted octanol–water partition coefficient (Wildman–Crippen LogP) is 3.09. The van der Waals surface area contributed by atoms with Crippen molar-refractivity contribution in [2.24, 2.45) is 0 Å². The van der Waals surface area contributed by atoms with Gasteiger partial charge in [-0.1, -0.05) is 30.3 Å². The van der Waals surface area contributed by atoms with Crippen molar-refractivity contribution in [2.45, 2.75) is 12.8 Å². The molecule has 1 aliphatic rings. The van der Waals surface area contributed by atoms with Crippen LogP contribution in [0.15, 0.2) is 71.5 Å². The molecule has 2 aromatic carbocycles. The number of carbonyl (C=O) groups is 1. The summed E-state index contributed by atoms with van der Waals surface area (Å²) in [5.74, 6) is -0.341. The van der Waals surface area contributed by atoms with E-state index in [4.69, 9.17) is 0 Å². The zero-order valence-corrected chi connectivity index (χ0v) is 14.8. The Morgan fingerprint density at radius 3 is 2.37 bits per heavy atom. The molecule has 6 heteroatoms. The molecular weight excluding hydrogens is 340 g/mol. The molecule has 1 N–H and O–H groups in total. The summed E-state index contributed by atoms with van der Waals surface area (Å²) in [4.78, 5) is 27.2. The Morgan fingerprint density at radius 2 is 1.59 bits per heavy atom. The number of rotatable bonds is 4. The third-order valence-corrected chi connectivity index (χ3v) is 4.63. The van der Waals surface area contributed by atoms with E-state index in [9.17, 15) is 9.59 Å². The minimum absolute atomic E-state index is 0.190. The van der Waals surface area contributed by atoms with Gasteiger partial charge < -0.3 is 10.2 Å². The van der Waals surface area contributed by atoms with Gasteiger partial charge in [0.25, 0.3) is 11.5 Å². The molecule has 0 spiro atoms. The van der Waals surface area contributed by atoms with Crippen molar-refractivity contribution in [3.63, 3.8) is 0 Å². The quantitative estimate of drug-likeness (QED) is 0.776. The first-order valence-corrected chi connectivity index (χ1v) is 9.03. The van der Waals surface area contributed by atoms with Gasteiger partial charge in [-0.25, -0.2) is 0 Å². The molecule has 2 heterocycles. The van der Waals surface area contributed by atoms with Crippen LogP contribution in [0.3, 0.4) is 0 Å². The standard InChI is InChI=1S/C21H20N4O2/c26-20-13-12-18(23-25(20)16-8-2-1-3-9-16)21(27)22-17-10-4-5-11-19(17)24-14-6-7-15-24/h1-5,8-13H,6-7,14-15H2,(H,22,27). The van der Waals surface area contributed by atoms with Crippen molar-refractivity contribution in [2.75, 3.05) is 23.3 Å². The second kappa shape index (κ2) is 7.45. The van der Waals surface area contributed by atoms with Crippen LogP contribution in [0, 0.1) is 0 Å². The molecule has 0 bridgehead atoms. The third kappa shape index (κ3) is 3.60. The lowest BCUT2D eigenvalue weighted by molar-refractivity contribution is 0.102. The van der Waals surface area contributed by atoms with E-state index < -0.39 is 0 Å². The molecule has 1 saturated heterocycles. The molecule has 4 rings (SSSR count). The lowest BCUT2D eigenvalue weighted by Crippen LogP contribution is -2.25. The van der Waals surface area contributed by atoms with E-state index in [0.717, 1.165) is 37.3 Å². The van der Waals surface area contributed by atoms with E-state index in [2.05, 4.69) is 15.3 Å². The van der Waals surface area contributed by atoms with E-state index >= 15 is 0 Å². The Kier molecular flexibility index (Phi) is 4.70. The zero-order chi connectivity index (χ0) is 18.6. The maximum absolute atomic E-state index is 12.8. The first kappa shape index (κ1) is 17.0. The van der Waals surface area contributed by atoms with E-state index in [1.165, 1.54) is 16.8 Å². The Hall–Kier alpha value is -3.41. The molecule has 0 atom stereocenters. The van der Waals surface area contributed by atoms with Crippen LogP contribution < -0.4 is 15.8 Å². The van der Waals surface area contributed by atoms with Crippen LogP contribution in [0.4, 0.5) is 11.4 Å². The average molecular weight is 360 g/mol. The van der Waals surface area contributed by atoms with Crippen molar-refractivity contribution < 1.29 is 4.79 Å². The highest BCUT2D eigenvalue weighted by Gasteiger charge is 2.18. The highest BCUT2D eigenvalue weighted by molar-refractivity contribution is 6.04. The van der Waals surface area contributed by atoms with Gasteiger partial charge in [0.1, 0.15) is 5.69 Å². The number of carbonyl (C=O) groups excluding carboxylic acids is 1. The summed E-state index contributed by atoms with van der Waals surface area (Å²) in [6, 6.07) is 19.6. The van der Waals surface area contributed by atoms with E-state index in [0.29, 0.717) is 5.69 Å². The SMILES string of the molecule is O=C(Nc1ccccc1N1CCCC1)c1ccc(=O)n(-c2ccccc2)n1. The molecule has 1 fully saturated rings. The highest BCUT2D eigenvalue weighted by Crippen LogP contribution is 2.28. The van der Waals surface area contributed by atoms with Gasteiger partial charge in [0, 0.05) is 19.2 Å². The maximum Gasteiger partial charge on any atom is 0.276 e. The second-order valence-corrected chi connectivity index (χ2v) is 6.47. The molecule has 1 amide bonds. The largest absolute Gasteiger partial charge is 0.370 e. The molecule has 0 radical (unpaired) electrons. The number of nitrogens with one attached hydrogen (secondary N) is 1. The number of hydrogen-bond acceptors (Lipinski definition) is 4. The minimum atomic E-state index is -0.341. The van der Waals surface area contributed by atoms with E-state index in [1.807, 2.05) is 42.5 Å². The van der Waals surface area contributed by atoms with Crippen LogP contribution in [-0.4, -0.2) is 28.8 Å². The van der Waals surface area contributed by atoms with E-state index in [1.54, 1.807) is 12.1 Å². The number of anilines is 2. The second-order valence-electron chi connectivity index (χ2n) is 6.47. The number of benzene rings is 2. The van der Waals surface area contributed by atoms with Gasteiger partial charge in [0.15, 0.2) is 0 Å². The average Bonchev–Trinajstić information content (AvgIpc) is 3.24. The van der Waals surface area contributed by atoms with Crippen molar-refractivity contribution >= 4 is 17.3 Å². The molecule has 0 unspecified atom stereocenters. The van der Waals surface area contributed by atoms with Crippen LogP contribution >= 0.6 is 0 Å². The molecule has 0 aliphatic carbocycles. The number of nitrogens with zero attached hydrogens (tertiary/aromatic N) is 3. The molecule has 3 aromatic rings. The topological polar surface area (TPSA) is 67.2 Å². The van der Waals surface area contributed by atoms with Crippen molar-refractivity contribution in [3.05, 3.63) is 82.8 Å². The fraction of sp³-hybridized carbons (Fsp3) is 0.190. The molecule has 1 aliphatic heterocycles. The summed E-state index contributed by atoms with van der Waals surface area (Å²) in [7, 11) is 0. The van der Waals surface area contributed by atoms with E-state index in [-0.39, 0.29) is 17.2 Å². The van der Waals surface area contributed by atoms with Crippen LogP contribution in [0.25, 0.3) is 5.69 Å². The Bertz CT molecular complexity index is 1010. The minimum Gasteiger partial charge on any atom is -0.370 e. The van der Waals surface area contributed by atoms with Gasteiger partial charge in [-0.15, -0.1) is 0 Å². The Morgan fingerprint density at radius 1 is 0.889 bits per heavy atom. The van der Waals surface area contributed by atoms with Gasteiger partial charge >= 0.3 is 0 Å². The predicted molar refractivity (Wildman–Crippen MR) is 106 cm³/mol. The smallest absolute Gasteiger partial charge is 0.276 e. The first-order valence-electron chi connectivity index (χ1n) is 9.03. The highest BCUT2D eigenvalue weighted by atomic mass is 16.2. The van der Waals surface area contributed by atoms with Crippen molar-refractivity contribution in [1.82, 2.24) is 9.78 Å². The number of aromatic nitrogens is 2. The summed E-state index contributed by atoms with van der Waals surface area (Å²) in [5.41, 5.74) is 2.29. The maximum atomic E-state index is 12.8. The van der Waals surface area contributed by atoms with Crippen molar-refractivity contribution in [3.8, 4) is 5.69 Å². The lowest BCUT2D eigenvalue weighted by Gasteiger charge is -2.21. The zero-order valence-electron chi connectivity index (χ0n) is 14.8. The van der Waals surface area contributed by atoms with Crippen LogP contribution in [0.5, 0.6) is 0 Å². The molecule has 0 saturated carbocycles. The Labute approximate surface area is 157 Å². The molecule has 6 nitrogen and oxygen atoms in total. The van der Waals surface area contributed by atoms with Gasteiger partial charge in [-0.05, 0) is 43.2 Å². The van der Waals surface area contributed by atoms with Crippen LogP contribution in [0.2, 0.25) is 0 Å². The monoisotopic (exact) mass is 360 g/mol. The summed E-state index contributed by atoms with van der Waals surface area (Å²) in [6.45, 7) is 1.98.